The molecule has 0 saturated heterocycles. The fourth-order valence-corrected chi connectivity index (χ4v) is 4.80. The third-order valence-electron chi connectivity index (χ3n) is 5.04. The van der Waals surface area contributed by atoms with Gasteiger partial charge in [-0.1, -0.05) is 25.1 Å². The number of primary sulfonamides is 1. The summed E-state index contributed by atoms with van der Waals surface area (Å²) in [6.45, 7) is 4.76. The zero-order valence-corrected chi connectivity index (χ0v) is 19.3. The molecule has 2 heterocycles. The van der Waals surface area contributed by atoms with Crippen molar-refractivity contribution < 1.29 is 22.7 Å². The zero-order chi connectivity index (χ0) is 22.9. The van der Waals surface area contributed by atoms with Crippen molar-refractivity contribution in [3.63, 3.8) is 0 Å². The fourth-order valence-electron chi connectivity index (χ4n) is 3.32. The number of nitrogens with zero attached hydrogens (tertiary/aromatic N) is 2. The molecule has 3 N–H and O–H groups in total. The van der Waals surface area contributed by atoms with Gasteiger partial charge in [0.25, 0.3) is 0 Å². The molecule has 0 spiro atoms. The maximum absolute atomic E-state index is 12.8. The van der Waals surface area contributed by atoms with Crippen LogP contribution in [0, 0.1) is 0 Å². The molecular formula is C21H24N4O5S2. The van der Waals surface area contributed by atoms with Crippen molar-refractivity contribution in [2.45, 2.75) is 48.5 Å². The van der Waals surface area contributed by atoms with Crippen molar-refractivity contribution in [3.8, 4) is 11.5 Å². The van der Waals surface area contributed by atoms with E-state index in [1.807, 2.05) is 4.57 Å². The number of carbonyl (C=O) groups excluding carboxylic acids is 1. The third-order valence-corrected chi connectivity index (χ3v) is 7.04. The number of unbranched alkanes of at least 4 members (excludes halogenated alkanes) is 1. The Labute approximate surface area is 190 Å². The number of rotatable bonds is 8. The van der Waals surface area contributed by atoms with Gasteiger partial charge in [0.1, 0.15) is 0 Å². The monoisotopic (exact) mass is 476 g/mol. The zero-order valence-electron chi connectivity index (χ0n) is 17.7. The van der Waals surface area contributed by atoms with E-state index >= 15 is 0 Å². The van der Waals surface area contributed by atoms with Crippen molar-refractivity contribution in [3.05, 3.63) is 36.4 Å². The largest absolute Gasteiger partial charge is 0.454 e. The Balaban J connectivity index is 1.56. The highest BCUT2D eigenvalue weighted by atomic mass is 32.2. The average Bonchev–Trinajstić information content (AvgIpc) is 3.34. The molecule has 0 radical (unpaired) electrons. The first-order valence-electron chi connectivity index (χ1n) is 10.2. The number of hydrogen-bond acceptors (Lipinski definition) is 7. The molecule has 170 valence electrons. The second-order valence-electron chi connectivity index (χ2n) is 7.41. The van der Waals surface area contributed by atoms with Gasteiger partial charge in [0.2, 0.25) is 22.7 Å². The molecule has 1 amide bonds. The first-order valence-corrected chi connectivity index (χ1v) is 12.6. The summed E-state index contributed by atoms with van der Waals surface area (Å²) in [6, 6.07) is 9.89. The number of amides is 1. The smallest absolute Gasteiger partial charge is 0.238 e. The van der Waals surface area contributed by atoms with Crippen LogP contribution in [0.25, 0.3) is 11.0 Å². The number of thioether (sulfide) groups is 1. The molecule has 0 unspecified atom stereocenters. The number of benzene rings is 2. The summed E-state index contributed by atoms with van der Waals surface area (Å²) in [6.07, 6.45) is 1.91. The minimum atomic E-state index is -3.83. The van der Waals surface area contributed by atoms with E-state index in [0.717, 1.165) is 18.4 Å². The number of carbonyl (C=O) groups is 1. The summed E-state index contributed by atoms with van der Waals surface area (Å²) in [5, 5.41) is 8.35. The van der Waals surface area contributed by atoms with E-state index in [2.05, 4.69) is 17.2 Å². The molecule has 1 aromatic heterocycles. The van der Waals surface area contributed by atoms with E-state index in [0.29, 0.717) is 34.4 Å². The number of nitrogens with two attached hydrogens (primary N) is 1. The molecule has 32 heavy (non-hydrogen) atoms. The highest BCUT2D eigenvalue weighted by molar-refractivity contribution is 8.00. The normalized spacial score (nSPS) is 14.0. The van der Waals surface area contributed by atoms with Crippen LogP contribution in [0.1, 0.15) is 26.7 Å². The van der Waals surface area contributed by atoms with Crippen molar-refractivity contribution in [2.24, 2.45) is 5.14 Å². The lowest BCUT2D eigenvalue weighted by Crippen LogP contribution is -2.23. The fraction of sp³-hybridized carbons (Fsp3) is 0.333. The van der Waals surface area contributed by atoms with Gasteiger partial charge in [0, 0.05) is 18.3 Å². The molecule has 0 saturated carbocycles. The Morgan fingerprint density at radius 1 is 1.25 bits per heavy atom. The topological polar surface area (TPSA) is 126 Å². The van der Waals surface area contributed by atoms with Crippen LogP contribution in [0.5, 0.6) is 11.5 Å². The van der Waals surface area contributed by atoms with Crippen molar-refractivity contribution in [1.29, 1.82) is 0 Å². The van der Waals surface area contributed by atoms with Crippen LogP contribution < -0.4 is 19.9 Å². The van der Waals surface area contributed by atoms with E-state index in [1.54, 1.807) is 31.2 Å². The van der Waals surface area contributed by atoms with Crippen molar-refractivity contribution in [1.82, 2.24) is 9.55 Å². The molecule has 4 rings (SSSR count). The van der Waals surface area contributed by atoms with Gasteiger partial charge in [0.15, 0.2) is 16.7 Å². The van der Waals surface area contributed by atoms with Crippen LogP contribution in [-0.2, 0) is 21.4 Å². The maximum atomic E-state index is 12.8. The highest BCUT2D eigenvalue weighted by Crippen LogP contribution is 2.35. The summed E-state index contributed by atoms with van der Waals surface area (Å²) in [4.78, 5) is 17.4. The van der Waals surface area contributed by atoms with Gasteiger partial charge in [-0.2, -0.15) is 0 Å². The number of nitrogens with one attached hydrogen (secondary N) is 1. The SMILES string of the molecule is CCCCn1c(S[C@H](C)C(=O)Nc2ccc3c(c2)OCO3)nc2cc(S(N)(=O)=O)ccc21. The Morgan fingerprint density at radius 2 is 2.03 bits per heavy atom. The molecule has 0 fully saturated rings. The number of hydrogen-bond donors (Lipinski definition) is 2. The number of aromatic nitrogens is 2. The van der Waals surface area contributed by atoms with Gasteiger partial charge in [-0.3, -0.25) is 4.79 Å². The van der Waals surface area contributed by atoms with Crippen molar-refractivity contribution in [2.75, 3.05) is 12.1 Å². The van der Waals surface area contributed by atoms with E-state index in [-0.39, 0.29) is 17.6 Å². The minimum Gasteiger partial charge on any atom is -0.454 e. The van der Waals surface area contributed by atoms with E-state index in [9.17, 15) is 13.2 Å². The van der Waals surface area contributed by atoms with Crippen LogP contribution in [0.4, 0.5) is 5.69 Å². The molecular weight excluding hydrogens is 452 g/mol. The van der Waals surface area contributed by atoms with Crippen LogP contribution >= 0.6 is 11.8 Å². The number of anilines is 1. The molecule has 11 heteroatoms. The summed E-state index contributed by atoms with van der Waals surface area (Å²) in [5.41, 5.74) is 1.94. The lowest BCUT2D eigenvalue weighted by Gasteiger charge is -2.13. The standard InChI is InChI=1S/C21H24N4O5S2/c1-3-4-9-25-17-7-6-15(32(22,27)28)11-16(17)24-21(25)31-13(2)20(26)23-14-5-8-18-19(10-14)30-12-29-18/h5-8,10-11,13H,3-4,9,12H2,1-2H3,(H,23,26)(H2,22,27,28)/t13-/m1/s1. The van der Waals surface area contributed by atoms with E-state index < -0.39 is 15.3 Å². The summed E-state index contributed by atoms with van der Waals surface area (Å²) >= 11 is 1.32. The van der Waals surface area contributed by atoms with Gasteiger partial charge in [0.05, 0.1) is 21.2 Å². The summed E-state index contributed by atoms with van der Waals surface area (Å²) < 4.78 is 36.1. The Kier molecular flexibility index (Phi) is 6.31. The number of aryl methyl sites for hydroxylation is 1. The van der Waals surface area contributed by atoms with Crippen LogP contribution in [0.2, 0.25) is 0 Å². The van der Waals surface area contributed by atoms with E-state index in [4.69, 9.17) is 14.6 Å². The van der Waals surface area contributed by atoms with Gasteiger partial charge in [-0.05, 0) is 43.7 Å². The van der Waals surface area contributed by atoms with E-state index in [1.165, 1.54) is 23.9 Å². The number of ether oxygens (including phenoxy) is 2. The second kappa shape index (κ2) is 9.00. The predicted molar refractivity (Wildman–Crippen MR) is 123 cm³/mol. The summed E-state index contributed by atoms with van der Waals surface area (Å²) in [5.74, 6) is 1.05. The quantitative estimate of drug-likeness (QED) is 0.478. The molecule has 0 aliphatic carbocycles. The number of imidazole rings is 1. The molecule has 9 nitrogen and oxygen atoms in total. The summed E-state index contributed by atoms with van der Waals surface area (Å²) in [7, 11) is -3.83. The lowest BCUT2D eigenvalue weighted by molar-refractivity contribution is -0.115. The van der Waals surface area contributed by atoms with Crippen LogP contribution in [-0.4, -0.2) is 35.9 Å². The van der Waals surface area contributed by atoms with Crippen LogP contribution in [0.15, 0.2) is 46.5 Å². The highest BCUT2D eigenvalue weighted by Gasteiger charge is 2.22. The first-order chi connectivity index (χ1) is 15.3. The molecule has 1 atom stereocenters. The van der Waals surface area contributed by atoms with Crippen LogP contribution in [0.3, 0.4) is 0 Å². The Morgan fingerprint density at radius 3 is 2.78 bits per heavy atom. The molecule has 1 aliphatic rings. The first kappa shape index (κ1) is 22.4. The Bertz CT molecular complexity index is 1270. The molecule has 0 bridgehead atoms. The minimum absolute atomic E-state index is 0.00953. The van der Waals surface area contributed by atoms with Gasteiger partial charge >= 0.3 is 0 Å². The predicted octanol–water partition coefficient (Wildman–Crippen LogP) is 3.33. The average molecular weight is 477 g/mol. The lowest BCUT2D eigenvalue weighted by atomic mass is 10.2. The Hall–Kier alpha value is -2.76. The van der Waals surface area contributed by atoms with Gasteiger partial charge < -0.3 is 19.4 Å². The molecule has 2 aromatic carbocycles. The second-order valence-corrected chi connectivity index (χ2v) is 10.3. The van der Waals surface area contributed by atoms with Crippen molar-refractivity contribution >= 4 is 44.4 Å². The molecule has 3 aromatic rings. The molecule has 1 aliphatic heterocycles. The number of fused-ring (bicyclic) bond motifs is 2. The number of sulfonamides is 1. The van der Waals surface area contributed by atoms with Gasteiger partial charge in [-0.15, -0.1) is 0 Å². The van der Waals surface area contributed by atoms with Gasteiger partial charge in [-0.25, -0.2) is 18.5 Å². The third kappa shape index (κ3) is 4.69. The maximum Gasteiger partial charge on any atom is 0.238 e.